The third-order valence-electron chi connectivity index (χ3n) is 4.31. The average Bonchev–Trinajstić information content (AvgIpc) is 2.70. The topological polar surface area (TPSA) is 100 Å². The first-order valence-electron chi connectivity index (χ1n) is 8.64. The van der Waals surface area contributed by atoms with Gasteiger partial charge in [-0.2, -0.15) is 0 Å². The van der Waals surface area contributed by atoms with Crippen molar-refractivity contribution in [1.82, 2.24) is 5.32 Å². The molecule has 7 nitrogen and oxygen atoms in total. The van der Waals surface area contributed by atoms with Gasteiger partial charge in [-0.3, -0.25) is 0 Å². The van der Waals surface area contributed by atoms with Gasteiger partial charge in [0.05, 0.1) is 34.0 Å². The molecule has 156 valence electrons. The summed E-state index contributed by atoms with van der Waals surface area (Å²) >= 11 is 0. The Morgan fingerprint density at radius 2 is 1.64 bits per heavy atom. The minimum atomic E-state index is -0.740. The second-order valence-corrected chi connectivity index (χ2v) is 6.05. The van der Waals surface area contributed by atoms with Gasteiger partial charge in [-0.05, 0) is 48.4 Å². The fraction of sp³-hybridized carbons (Fsp3) is 0.400. The Kier molecular flexibility index (Phi) is 9.89. The molecule has 0 bridgehead atoms. The Balaban J connectivity index is 0.00000392. The van der Waals surface area contributed by atoms with E-state index >= 15 is 0 Å². The highest BCUT2D eigenvalue weighted by molar-refractivity contribution is 5.85. The lowest BCUT2D eigenvalue weighted by Gasteiger charge is -2.15. The van der Waals surface area contributed by atoms with Gasteiger partial charge in [-0.15, -0.1) is 12.4 Å². The maximum Gasteiger partial charge on any atom is 0.203 e. The number of aliphatic hydroxyl groups is 2. The van der Waals surface area contributed by atoms with Crippen LogP contribution in [-0.2, 0) is 13.0 Å². The zero-order chi connectivity index (χ0) is 19.8. The highest BCUT2D eigenvalue weighted by Crippen LogP contribution is 2.38. The number of nitrogens with one attached hydrogen (secondary N) is 1. The Labute approximate surface area is 171 Å². The van der Waals surface area contributed by atoms with E-state index in [1.165, 1.54) is 6.07 Å². The molecule has 4 N–H and O–H groups in total. The van der Waals surface area contributed by atoms with Gasteiger partial charge in [0.1, 0.15) is 5.75 Å². The molecule has 0 amide bonds. The Hall–Kier alpha value is -2.19. The summed E-state index contributed by atoms with van der Waals surface area (Å²) in [6.45, 7) is 0.710. The summed E-state index contributed by atoms with van der Waals surface area (Å²) in [5.41, 5.74) is 2.04. The smallest absolute Gasteiger partial charge is 0.203 e. The van der Waals surface area contributed by atoms with E-state index in [2.05, 4.69) is 5.32 Å². The fourth-order valence-electron chi connectivity index (χ4n) is 2.81. The Morgan fingerprint density at radius 1 is 1.00 bits per heavy atom. The molecular formula is C20H28ClNO6. The molecule has 0 aromatic heterocycles. The first-order chi connectivity index (χ1) is 13.0. The minimum Gasteiger partial charge on any atom is -0.508 e. The molecule has 28 heavy (non-hydrogen) atoms. The quantitative estimate of drug-likeness (QED) is 0.443. The van der Waals surface area contributed by atoms with Crippen LogP contribution < -0.4 is 19.5 Å². The van der Waals surface area contributed by atoms with Crippen LogP contribution in [0.1, 0.15) is 22.8 Å². The van der Waals surface area contributed by atoms with Gasteiger partial charge in [-0.25, -0.2) is 0 Å². The van der Waals surface area contributed by atoms with Crippen LogP contribution in [0.2, 0.25) is 0 Å². The largest absolute Gasteiger partial charge is 0.508 e. The highest BCUT2D eigenvalue weighted by Gasteiger charge is 2.13. The lowest BCUT2D eigenvalue weighted by atomic mass is 10.1. The second kappa shape index (κ2) is 11.6. The minimum absolute atomic E-state index is 0. The van der Waals surface area contributed by atoms with Gasteiger partial charge in [-0.1, -0.05) is 6.07 Å². The summed E-state index contributed by atoms with van der Waals surface area (Å²) in [6, 6.07) is 8.50. The number of aliphatic hydroxyl groups excluding tert-OH is 2. The van der Waals surface area contributed by atoms with E-state index in [0.717, 1.165) is 5.56 Å². The SMILES string of the molecule is COc1cc(CCNCC(O)c2ccc(O)c(CO)c2)cc(OC)c1OC.Cl. The molecule has 0 radical (unpaired) electrons. The van der Waals surface area contributed by atoms with E-state index < -0.39 is 6.10 Å². The van der Waals surface area contributed by atoms with Crippen LogP contribution in [0.15, 0.2) is 30.3 Å². The van der Waals surface area contributed by atoms with Crippen molar-refractivity contribution in [1.29, 1.82) is 0 Å². The zero-order valence-electron chi connectivity index (χ0n) is 16.3. The van der Waals surface area contributed by atoms with Gasteiger partial charge < -0.3 is 34.8 Å². The van der Waals surface area contributed by atoms with Crippen molar-refractivity contribution in [3.8, 4) is 23.0 Å². The lowest BCUT2D eigenvalue weighted by Crippen LogP contribution is -2.23. The first kappa shape index (κ1) is 23.8. The molecule has 0 heterocycles. The van der Waals surface area contributed by atoms with Crippen LogP contribution in [0.3, 0.4) is 0 Å². The van der Waals surface area contributed by atoms with Crippen molar-refractivity contribution >= 4 is 12.4 Å². The molecular weight excluding hydrogens is 386 g/mol. The van der Waals surface area contributed by atoms with Crippen molar-refractivity contribution < 1.29 is 29.5 Å². The molecule has 2 rings (SSSR count). The molecule has 0 aliphatic carbocycles. The maximum atomic E-state index is 10.3. The van der Waals surface area contributed by atoms with Crippen LogP contribution in [-0.4, -0.2) is 49.7 Å². The molecule has 0 saturated heterocycles. The second-order valence-electron chi connectivity index (χ2n) is 6.05. The summed E-state index contributed by atoms with van der Waals surface area (Å²) in [5, 5.41) is 32.3. The summed E-state index contributed by atoms with van der Waals surface area (Å²) in [7, 11) is 4.72. The fourth-order valence-corrected chi connectivity index (χ4v) is 2.81. The van der Waals surface area contributed by atoms with Gasteiger partial charge >= 0.3 is 0 Å². The van der Waals surface area contributed by atoms with Gasteiger partial charge in [0.25, 0.3) is 0 Å². The van der Waals surface area contributed by atoms with Crippen molar-refractivity contribution in [3.63, 3.8) is 0 Å². The van der Waals surface area contributed by atoms with Gasteiger partial charge in [0.15, 0.2) is 11.5 Å². The van der Waals surface area contributed by atoms with Crippen molar-refractivity contribution in [2.24, 2.45) is 0 Å². The van der Waals surface area contributed by atoms with Crippen LogP contribution in [0.25, 0.3) is 0 Å². The number of hydrogen-bond acceptors (Lipinski definition) is 7. The molecule has 2 aromatic carbocycles. The number of ether oxygens (including phenoxy) is 3. The number of rotatable bonds is 10. The number of aromatic hydroxyl groups is 1. The Bertz CT molecular complexity index is 730. The lowest BCUT2D eigenvalue weighted by molar-refractivity contribution is 0.174. The summed E-state index contributed by atoms with van der Waals surface area (Å²) in [5.74, 6) is 1.78. The van der Waals surface area contributed by atoms with E-state index in [1.807, 2.05) is 12.1 Å². The van der Waals surface area contributed by atoms with Crippen molar-refractivity contribution in [2.75, 3.05) is 34.4 Å². The number of halogens is 1. The molecule has 0 aliphatic rings. The standard InChI is InChI=1S/C20H27NO6.ClH/c1-25-18-8-13(9-19(26-2)20(18)27-3)6-7-21-11-17(24)14-4-5-16(23)15(10-14)12-22;/h4-5,8-10,17,21-24H,6-7,11-12H2,1-3H3;1H. The normalized spacial score (nSPS) is 11.5. The third-order valence-corrected chi connectivity index (χ3v) is 4.31. The summed E-state index contributed by atoms with van der Waals surface area (Å²) in [4.78, 5) is 0. The molecule has 0 spiro atoms. The number of hydrogen-bond donors (Lipinski definition) is 4. The molecule has 0 saturated carbocycles. The van der Waals surface area contributed by atoms with E-state index in [-0.39, 0.29) is 24.8 Å². The predicted molar refractivity (Wildman–Crippen MR) is 109 cm³/mol. The van der Waals surface area contributed by atoms with Crippen LogP contribution >= 0.6 is 12.4 Å². The van der Waals surface area contributed by atoms with Crippen molar-refractivity contribution in [3.05, 3.63) is 47.0 Å². The number of benzene rings is 2. The highest BCUT2D eigenvalue weighted by atomic mass is 35.5. The molecule has 8 heteroatoms. The number of phenols is 1. The van der Waals surface area contributed by atoms with E-state index in [4.69, 9.17) is 14.2 Å². The van der Waals surface area contributed by atoms with Gasteiger partial charge in [0, 0.05) is 12.1 Å². The summed E-state index contributed by atoms with van der Waals surface area (Å²) < 4.78 is 16.0. The van der Waals surface area contributed by atoms with Crippen LogP contribution in [0.4, 0.5) is 0 Å². The first-order valence-corrected chi connectivity index (χ1v) is 8.64. The van der Waals surface area contributed by atoms with E-state index in [9.17, 15) is 15.3 Å². The summed E-state index contributed by atoms with van der Waals surface area (Å²) in [6.07, 6.45) is -0.0307. The molecule has 0 aliphatic heterocycles. The number of methoxy groups -OCH3 is 3. The molecule has 2 aromatic rings. The monoisotopic (exact) mass is 413 g/mol. The molecule has 1 atom stereocenters. The van der Waals surface area contributed by atoms with Crippen LogP contribution in [0, 0.1) is 0 Å². The maximum absolute atomic E-state index is 10.3. The van der Waals surface area contributed by atoms with Crippen LogP contribution in [0.5, 0.6) is 23.0 Å². The van der Waals surface area contributed by atoms with E-state index in [1.54, 1.807) is 33.5 Å². The molecule has 1 unspecified atom stereocenters. The predicted octanol–water partition coefficient (Wildman–Crippen LogP) is 2.20. The molecule has 0 fully saturated rings. The third kappa shape index (κ3) is 5.90. The van der Waals surface area contributed by atoms with Crippen molar-refractivity contribution in [2.45, 2.75) is 19.1 Å². The Morgan fingerprint density at radius 3 is 2.18 bits per heavy atom. The van der Waals surface area contributed by atoms with E-state index in [0.29, 0.717) is 47.9 Å². The van der Waals surface area contributed by atoms with Gasteiger partial charge in [0.2, 0.25) is 5.75 Å². The zero-order valence-corrected chi connectivity index (χ0v) is 17.1. The average molecular weight is 414 g/mol.